The molecule has 0 aliphatic carbocycles. The Hall–Kier alpha value is -3.29. The molecule has 0 saturated carbocycles. The molecule has 8 nitrogen and oxygen atoms in total. The summed E-state index contributed by atoms with van der Waals surface area (Å²) in [5.41, 5.74) is 7.70. The maximum absolute atomic E-state index is 11.9. The Morgan fingerprint density at radius 3 is 2.81 bits per heavy atom. The largest absolute Gasteiger partial charge is 0.461 e. The lowest BCUT2D eigenvalue weighted by atomic mass is 10.1. The molecule has 0 atom stereocenters. The smallest absolute Gasteiger partial charge is 0.250 e. The van der Waals surface area contributed by atoms with E-state index in [1.54, 1.807) is 18.4 Å². The van der Waals surface area contributed by atoms with Crippen molar-refractivity contribution in [2.24, 2.45) is 5.73 Å². The maximum atomic E-state index is 11.9. The van der Waals surface area contributed by atoms with E-state index >= 15 is 0 Å². The molecular weight excluding hydrogens is 346 g/mol. The summed E-state index contributed by atoms with van der Waals surface area (Å²) in [6, 6.07) is 9.23. The summed E-state index contributed by atoms with van der Waals surface area (Å²) in [5, 5.41) is 7.04. The first-order valence-corrected chi connectivity index (χ1v) is 9.00. The zero-order chi connectivity index (χ0) is 18.6. The molecule has 1 amide bonds. The van der Waals surface area contributed by atoms with E-state index in [9.17, 15) is 4.79 Å². The summed E-state index contributed by atoms with van der Waals surface area (Å²) < 4.78 is 10.5. The number of furan rings is 1. The second kappa shape index (κ2) is 7.53. The van der Waals surface area contributed by atoms with Crippen LogP contribution in [0.3, 0.4) is 0 Å². The van der Waals surface area contributed by atoms with Crippen molar-refractivity contribution in [1.29, 1.82) is 0 Å². The van der Waals surface area contributed by atoms with Crippen molar-refractivity contribution in [3.8, 4) is 11.6 Å². The minimum absolute atomic E-state index is 0.275. The zero-order valence-electron chi connectivity index (χ0n) is 14.9. The van der Waals surface area contributed by atoms with E-state index in [1.807, 2.05) is 18.2 Å². The second-order valence-corrected chi connectivity index (χ2v) is 6.48. The Morgan fingerprint density at radius 2 is 2.07 bits per heavy atom. The van der Waals surface area contributed by atoms with Gasteiger partial charge in [-0.1, -0.05) is 5.16 Å². The summed E-state index contributed by atoms with van der Waals surface area (Å²) in [6.45, 7) is 2.28. The number of nitrogens with two attached hydrogens (primary N) is 1. The Morgan fingerprint density at radius 1 is 1.22 bits per heavy atom. The van der Waals surface area contributed by atoms with Crippen LogP contribution in [0.1, 0.15) is 35.5 Å². The summed E-state index contributed by atoms with van der Waals surface area (Å²) in [4.78, 5) is 18.5. The molecule has 3 heterocycles. The summed E-state index contributed by atoms with van der Waals surface area (Å²) in [6.07, 6.45) is 5.14. The van der Waals surface area contributed by atoms with Crippen molar-refractivity contribution in [3.63, 3.8) is 0 Å². The number of nitrogens with one attached hydrogen (secondary N) is 1. The van der Waals surface area contributed by atoms with Crippen molar-refractivity contribution in [2.75, 3.05) is 23.3 Å². The van der Waals surface area contributed by atoms with Gasteiger partial charge in [0.2, 0.25) is 11.7 Å². The molecule has 1 aliphatic rings. The quantitative estimate of drug-likeness (QED) is 0.689. The van der Waals surface area contributed by atoms with Gasteiger partial charge in [-0.2, -0.15) is 4.98 Å². The average molecular weight is 367 g/mol. The molecule has 1 aromatic carbocycles. The van der Waals surface area contributed by atoms with E-state index in [4.69, 9.17) is 14.7 Å². The molecule has 2 aromatic heterocycles. The fraction of sp³-hybridized carbons (Fsp3) is 0.316. The fourth-order valence-electron chi connectivity index (χ4n) is 3.24. The first-order valence-electron chi connectivity index (χ1n) is 9.00. The lowest BCUT2D eigenvalue weighted by molar-refractivity contribution is 0.100. The Bertz CT molecular complexity index is 913. The number of carbonyl (C=O) groups is 1. The highest BCUT2D eigenvalue weighted by atomic mass is 16.5. The predicted octanol–water partition coefficient (Wildman–Crippen LogP) is 3.03. The van der Waals surface area contributed by atoms with Crippen LogP contribution in [0.5, 0.6) is 0 Å². The van der Waals surface area contributed by atoms with E-state index in [1.165, 1.54) is 19.3 Å². The molecule has 1 fully saturated rings. The third-order valence-corrected chi connectivity index (χ3v) is 4.63. The average Bonchev–Trinajstić information content (AvgIpc) is 3.38. The highest BCUT2D eigenvalue weighted by Gasteiger charge is 2.16. The van der Waals surface area contributed by atoms with Gasteiger partial charge in [0.25, 0.3) is 5.91 Å². The van der Waals surface area contributed by atoms with E-state index in [0.29, 0.717) is 28.7 Å². The van der Waals surface area contributed by atoms with Gasteiger partial charge in [-0.05, 0) is 49.6 Å². The summed E-state index contributed by atoms with van der Waals surface area (Å²) in [7, 11) is 0. The number of nitrogens with zero attached hydrogens (tertiary/aromatic N) is 3. The SMILES string of the molecule is NC(=O)c1cc(N2CCCCC2)ccc1NCc1nc(-c2ccco2)no1. The molecule has 140 valence electrons. The van der Waals surface area contributed by atoms with Crippen LogP contribution in [0.2, 0.25) is 0 Å². The molecule has 4 rings (SSSR count). The van der Waals surface area contributed by atoms with E-state index in [0.717, 1.165) is 18.8 Å². The zero-order valence-corrected chi connectivity index (χ0v) is 14.9. The lowest BCUT2D eigenvalue weighted by Gasteiger charge is -2.29. The van der Waals surface area contributed by atoms with Gasteiger partial charge in [0.05, 0.1) is 18.4 Å². The molecule has 1 aliphatic heterocycles. The van der Waals surface area contributed by atoms with Gasteiger partial charge >= 0.3 is 0 Å². The predicted molar refractivity (Wildman–Crippen MR) is 100 cm³/mol. The van der Waals surface area contributed by atoms with Crippen molar-refractivity contribution in [3.05, 3.63) is 48.0 Å². The van der Waals surface area contributed by atoms with Crippen LogP contribution in [0, 0.1) is 0 Å². The molecule has 0 spiro atoms. The highest BCUT2D eigenvalue weighted by Crippen LogP contribution is 2.26. The minimum Gasteiger partial charge on any atom is -0.461 e. The molecule has 1 saturated heterocycles. The Labute approximate surface area is 156 Å². The van der Waals surface area contributed by atoms with E-state index < -0.39 is 5.91 Å². The van der Waals surface area contributed by atoms with Crippen molar-refractivity contribution >= 4 is 17.3 Å². The normalized spacial score (nSPS) is 14.3. The molecule has 8 heteroatoms. The van der Waals surface area contributed by atoms with Gasteiger partial charge in [-0.25, -0.2) is 0 Å². The fourth-order valence-corrected chi connectivity index (χ4v) is 3.24. The van der Waals surface area contributed by atoms with Crippen molar-refractivity contribution in [1.82, 2.24) is 10.1 Å². The van der Waals surface area contributed by atoms with Gasteiger partial charge in [-0.15, -0.1) is 0 Å². The number of amides is 1. The molecule has 27 heavy (non-hydrogen) atoms. The molecule has 0 radical (unpaired) electrons. The van der Waals surface area contributed by atoms with Gasteiger partial charge in [-0.3, -0.25) is 4.79 Å². The number of piperidine rings is 1. The van der Waals surface area contributed by atoms with Crippen LogP contribution in [-0.4, -0.2) is 29.1 Å². The summed E-state index contributed by atoms with van der Waals surface area (Å²) in [5.74, 6) is 0.830. The lowest BCUT2D eigenvalue weighted by Crippen LogP contribution is -2.29. The number of primary amides is 1. The third-order valence-electron chi connectivity index (χ3n) is 4.63. The molecule has 0 bridgehead atoms. The number of hydrogen-bond acceptors (Lipinski definition) is 7. The highest BCUT2D eigenvalue weighted by molar-refractivity contribution is 5.99. The van der Waals surface area contributed by atoms with Crippen molar-refractivity contribution < 1.29 is 13.7 Å². The van der Waals surface area contributed by atoms with Crippen LogP contribution in [-0.2, 0) is 6.54 Å². The van der Waals surface area contributed by atoms with Gasteiger partial charge < -0.3 is 24.9 Å². The Kier molecular flexibility index (Phi) is 4.78. The minimum atomic E-state index is -0.474. The van der Waals surface area contributed by atoms with E-state index in [-0.39, 0.29) is 6.54 Å². The maximum Gasteiger partial charge on any atom is 0.250 e. The van der Waals surface area contributed by atoms with Crippen LogP contribution in [0.15, 0.2) is 45.5 Å². The van der Waals surface area contributed by atoms with Gasteiger partial charge in [0, 0.05) is 24.5 Å². The second-order valence-electron chi connectivity index (χ2n) is 6.48. The topological polar surface area (TPSA) is 110 Å². The number of rotatable bonds is 6. The number of anilines is 2. The van der Waals surface area contributed by atoms with Gasteiger partial charge in [0.15, 0.2) is 5.76 Å². The number of carbonyl (C=O) groups excluding carboxylic acids is 1. The number of benzene rings is 1. The molecular formula is C19H21N5O3. The first-order chi connectivity index (χ1) is 13.2. The van der Waals surface area contributed by atoms with Crippen LogP contribution >= 0.6 is 0 Å². The van der Waals surface area contributed by atoms with Crippen LogP contribution in [0.25, 0.3) is 11.6 Å². The van der Waals surface area contributed by atoms with Crippen LogP contribution < -0.4 is 16.0 Å². The molecule has 0 unspecified atom stereocenters. The van der Waals surface area contributed by atoms with Crippen molar-refractivity contribution in [2.45, 2.75) is 25.8 Å². The number of hydrogen-bond donors (Lipinski definition) is 2. The number of aromatic nitrogens is 2. The first kappa shape index (κ1) is 17.1. The Balaban J connectivity index is 1.49. The molecule has 3 N–H and O–H groups in total. The van der Waals surface area contributed by atoms with E-state index in [2.05, 4.69) is 20.4 Å². The third kappa shape index (κ3) is 3.79. The van der Waals surface area contributed by atoms with Crippen LogP contribution in [0.4, 0.5) is 11.4 Å². The van der Waals surface area contributed by atoms with Gasteiger partial charge in [0.1, 0.15) is 0 Å². The standard InChI is InChI=1S/C19H21N5O3/c20-18(25)14-11-13(24-8-2-1-3-9-24)6-7-15(14)21-12-17-22-19(23-27-17)16-5-4-10-26-16/h4-7,10-11,21H,1-3,8-9,12H2,(H2,20,25). The monoisotopic (exact) mass is 367 g/mol. The molecule has 3 aromatic rings. The summed E-state index contributed by atoms with van der Waals surface area (Å²) >= 11 is 0.